The predicted molar refractivity (Wildman–Crippen MR) is 70.5 cm³/mol. The molecule has 2 N–H and O–H groups in total. The highest BCUT2D eigenvalue weighted by molar-refractivity contribution is 5.69. The lowest BCUT2D eigenvalue weighted by Gasteiger charge is -2.28. The molecular weight excluding hydrogens is 232 g/mol. The van der Waals surface area contributed by atoms with Gasteiger partial charge in [0.2, 0.25) is 0 Å². The minimum Gasteiger partial charge on any atom is -0.444 e. The van der Waals surface area contributed by atoms with Crippen molar-refractivity contribution in [2.24, 2.45) is 0 Å². The van der Waals surface area contributed by atoms with Gasteiger partial charge < -0.3 is 20.1 Å². The topological polar surface area (TPSA) is 61.8 Å². The quantitative estimate of drug-likeness (QED) is 0.731. The Morgan fingerprint density at radius 2 is 2.22 bits per heavy atom. The van der Waals surface area contributed by atoms with Crippen LogP contribution < -0.4 is 5.32 Å². The summed E-state index contributed by atoms with van der Waals surface area (Å²) >= 11 is 0. The number of hydrogen-bond acceptors (Lipinski definition) is 4. The van der Waals surface area contributed by atoms with Gasteiger partial charge in [0.1, 0.15) is 5.60 Å². The van der Waals surface area contributed by atoms with Crippen molar-refractivity contribution >= 4 is 6.09 Å². The predicted octanol–water partition coefficient (Wildman–Crippen LogP) is 1.36. The maximum atomic E-state index is 12.0. The second-order valence-corrected chi connectivity index (χ2v) is 5.75. The Labute approximate surface area is 109 Å². The molecule has 0 aliphatic carbocycles. The number of nitrogens with one attached hydrogen (secondary N) is 1. The molecule has 1 amide bonds. The van der Waals surface area contributed by atoms with E-state index in [-0.39, 0.29) is 18.7 Å². The average Bonchev–Trinajstić information content (AvgIpc) is 2.70. The number of amides is 1. The Hall–Kier alpha value is -0.810. The summed E-state index contributed by atoms with van der Waals surface area (Å²) < 4.78 is 5.40. The van der Waals surface area contributed by atoms with Crippen molar-refractivity contribution in [1.29, 1.82) is 0 Å². The van der Waals surface area contributed by atoms with Crippen molar-refractivity contribution < 1.29 is 14.6 Å². The summed E-state index contributed by atoms with van der Waals surface area (Å²) in [7, 11) is 0. The van der Waals surface area contributed by atoms with Crippen LogP contribution in [-0.2, 0) is 4.74 Å². The molecule has 106 valence electrons. The van der Waals surface area contributed by atoms with Gasteiger partial charge in [0.25, 0.3) is 0 Å². The summed E-state index contributed by atoms with van der Waals surface area (Å²) in [5, 5.41) is 12.0. The van der Waals surface area contributed by atoms with Crippen molar-refractivity contribution in [3.63, 3.8) is 0 Å². The number of ether oxygens (including phenoxy) is 1. The molecule has 0 aromatic heterocycles. The monoisotopic (exact) mass is 258 g/mol. The van der Waals surface area contributed by atoms with E-state index in [0.29, 0.717) is 0 Å². The lowest BCUT2D eigenvalue weighted by Crippen LogP contribution is -2.44. The van der Waals surface area contributed by atoms with Gasteiger partial charge in [-0.05, 0) is 46.6 Å². The van der Waals surface area contributed by atoms with Gasteiger partial charge in [-0.1, -0.05) is 0 Å². The van der Waals surface area contributed by atoms with Crippen LogP contribution in [-0.4, -0.2) is 54.0 Å². The van der Waals surface area contributed by atoms with Crippen LogP contribution in [0.4, 0.5) is 4.79 Å². The Morgan fingerprint density at radius 1 is 1.50 bits per heavy atom. The Kier molecular flexibility index (Phi) is 5.88. The molecule has 0 radical (unpaired) electrons. The number of carbonyl (C=O) groups is 1. The molecule has 1 aliphatic rings. The van der Waals surface area contributed by atoms with E-state index in [2.05, 4.69) is 5.32 Å². The zero-order chi connectivity index (χ0) is 13.6. The standard InChI is InChI=1S/C13H26N2O3/c1-13(2,3)18-12(17)15-8-4-6-11(15)10-14-7-5-9-16/h11,14,16H,4-10H2,1-3H3. The fourth-order valence-corrected chi connectivity index (χ4v) is 2.08. The first-order valence-corrected chi connectivity index (χ1v) is 6.75. The van der Waals surface area contributed by atoms with Crippen LogP contribution in [0.5, 0.6) is 0 Å². The molecule has 18 heavy (non-hydrogen) atoms. The first-order valence-electron chi connectivity index (χ1n) is 6.75. The Bertz CT molecular complexity index is 263. The van der Waals surface area contributed by atoms with Gasteiger partial charge in [-0.15, -0.1) is 0 Å². The maximum Gasteiger partial charge on any atom is 0.410 e. The minimum absolute atomic E-state index is 0.202. The van der Waals surface area contributed by atoms with E-state index in [4.69, 9.17) is 9.84 Å². The van der Waals surface area contributed by atoms with Crippen molar-refractivity contribution in [2.45, 2.75) is 51.7 Å². The molecular formula is C13H26N2O3. The molecule has 0 aromatic rings. The summed E-state index contributed by atoms with van der Waals surface area (Å²) in [5.41, 5.74) is -0.436. The van der Waals surface area contributed by atoms with Crippen LogP contribution >= 0.6 is 0 Å². The van der Waals surface area contributed by atoms with Crippen LogP contribution in [0, 0.1) is 0 Å². The van der Waals surface area contributed by atoms with E-state index >= 15 is 0 Å². The van der Waals surface area contributed by atoms with Gasteiger partial charge in [-0.25, -0.2) is 4.79 Å². The molecule has 1 unspecified atom stereocenters. The summed E-state index contributed by atoms with van der Waals surface area (Å²) in [5.74, 6) is 0. The molecule has 5 nitrogen and oxygen atoms in total. The number of aliphatic hydroxyl groups is 1. The molecule has 0 spiro atoms. The maximum absolute atomic E-state index is 12.0. The minimum atomic E-state index is -0.436. The fraction of sp³-hybridized carbons (Fsp3) is 0.923. The number of nitrogens with zero attached hydrogens (tertiary/aromatic N) is 1. The third kappa shape index (κ3) is 5.23. The summed E-state index contributed by atoms with van der Waals surface area (Å²) in [6.07, 6.45) is 2.59. The number of rotatable bonds is 5. The lowest BCUT2D eigenvalue weighted by molar-refractivity contribution is 0.0226. The van der Waals surface area contributed by atoms with Crippen LogP contribution in [0.2, 0.25) is 0 Å². The zero-order valence-electron chi connectivity index (χ0n) is 11.7. The van der Waals surface area contributed by atoms with Crippen LogP contribution in [0.1, 0.15) is 40.0 Å². The second-order valence-electron chi connectivity index (χ2n) is 5.75. The molecule has 1 heterocycles. The summed E-state index contributed by atoms with van der Waals surface area (Å²) in [6, 6.07) is 0.221. The van der Waals surface area contributed by atoms with Gasteiger partial charge in [-0.2, -0.15) is 0 Å². The highest BCUT2D eigenvalue weighted by Gasteiger charge is 2.31. The smallest absolute Gasteiger partial charge is 0.410 e. The molecule has 0 bridgehead atoms. The molecule has 0 saturated carbocycles. The Balaban J connectivity index is 2.36. The average molecular weight is 258 g/mol. The summed E-state index contributed by atoms with van der Waals surface area (Å²) in [6.45, 7) is 8.20. The van der Waals surface area contributed by atoms with Gasteiger partial charge in [0.05, 0.1) is 0 Å². The first-order chi connectivity index (χ1) is 8.44. The number of hydrogen-bond donors (Lipinski definition) is 2. The van der Waals surface area contributed by atoms with E-state index < -0.39 is 5.60 Å². The molecule has 1 fully saturated rings. The second kappa shape index (κ2) is 6.95. The van der Waals surface area contributed by atoms with E-state index in [1.807, 2.05) is 25.7 Å². The third-order valence-corrected chi connectivity index (χ3v) is 2.90. The molecule has 1 saturated heterocycles. The fourth-order valence-electron chi connectivity index (χ4n) is 2.08. The molecule has 5 heteroatoms. The van der Waals surface area contributed by atoms with E-state index in [0.717, 1.165) is 38.9 Å². The number of carbonyl (C=O) groups excluding carboxylic acids is 1. The van der Waals surface area contributed by atoms with Crippen molar-refractivity contribution in [3.05, 3.63) is 0 Å². The molecule has 1 rings (SSSR count). The van der Waals surface area contributed by atoms with Gasteiger partial charge >= 0.3 is 6.09 Å². The van der Waals surface area contributed by atoms with Crippen molar-refractivity contribution in [1.82, 2.24) is 10.2 Å². The van der Waals surface area contributed by atoms with E-state index in [1.54, 1.807) is 0 Å². The van der Waals surface area contributed by atoms with Gasteiger partial charge in [0, 0.05) is 25.7 Å². The van der Waals surface area contributed by atoms with E-state index in [9.17, 15) is 4.79 Å². The Morgan fingerprint density at radius 3 is 2.83 bits per heavy atom. The van der Waals surface area contributed by atoms with Crippen molar-refractivity contribution in [3.8, 4) is 0 Å². The lowest BCUT2D eigenvalue weighted by atomic mass is 10.2. The van der Waals surface area contributed by atoms with E-state index in [1.165, 1.54) is 0 Å². The van der Waals surface area contributed by atoms with Gasteiger partial charge in [-0.3, -0.25) is 0 Å². The highest BCUT2D eigenvalue weighted by atomic mass is 16.6. The normalized spacial score (nSPS) is 20.2. The van der Waals surface area contributed by atoms with Crippen molar-refractivity contribution in [2.75, 3.05) is 26.2 Å². The highest BCUT2D eigenvalue weighted by Crippen LogP contribution is 2.20. The SMILES string of the molecule is CC(C)(C)OC(=O)N1CCCC1CNCCCO. The third-order valence-electron chi connectivity index (χ3n) is 2.90. The molecule has 1 aliphatic heterocycles. The zero-order valence-corrected chi connectivity index (χ0v) is 11.7. The van der Waals surface area contributed by atoms with Crippen LogP contribution in [0.3, 0.4) is 0 Å². The van der Waals surface area contributed by atoms with Gasteiger partial charge in [0.15, 0.2) is 0 Å². The molecule has 1 atom stereocenters. The first kappa shape index (κ1) is 15.2. The molecule has 0 aromatic carbocycles. The van der Waals surface area contributed by atoms with Crippen LogP contribution in [0.25, 0.3) is 0 Å². The largest absolute Gasteiger partial charge is 0.444 e. The number of aliphatic hydroxyl groups excluding tert-OH is 1. The van der Waals surface area contributed by atoms with Crippen LogP contribution in [0.15, 0.2) is 0 Å². The summed E-state index contributed by atoms with van der Waals surface area (Å²) in [4.78, 5) is 13.8. The number of likely N-dealkylation sites (tertiary alicyclic amines) is 1.